The van der Waals surface area contributed by atoms with E-state index in [0.717, 1.165) is 15.8 Å². The summed E-state index contributed by atoms with van der Waals surface area (Å²) in [4.78, 5) is 29.2. The van der Waals surface area contributed by atoms with Crippen molar-refractivity contribution in [3.63, 3.8) is 0 Å². The van der Waals surface area contributed by atoms with E-state index in [9.17, 15) is 14.0 Å². The van der Waals surface area contributed by atoms with Gasteiger partial charge in [0.05, 0.1) is 11.4 Å². The van der Waals surface area contributed by atoms with Crippen molar-refractivity contribution in [2.45, 2.75) is 5.16 Å². The third kappa shape index (κ3) is 6.20. The highest BCUT2D eigenvalue weighted by atomic mass is 79.9. The molecule has 194 valence electrons. The number of carbonyl (C=O) groups is 2. The third-order valence-electron chi connectivity index (χ3n) is 6.02. The molecule has 1 aliphatic heterocycles. The van der Waals surface area contributed by atoms with Crippen LogP contribution in [0.5, 0.6) is 0 Å². The molecule has 1 fully saturated rings. The van der Waals surface area contributed by atoms with Gasteiger partial charge in [0.15, 0.2) is 0 Å². The average molecular weight is 596 g/mol. The van der Waals surface area contributed by atoms with Crippen LogP contribution in [-0.2, 0) is 4.79 Å². The van der Waals surface area contributed by atoms with Crippen molar-refractivity contribution < 1.29 is 14.0 Å². The zero-order chi connectivity index (χ0) is 26.5. The Labute approximate surface area is 231 Å². The van der Waals surface area contributed by atoms with Crippen LogP contribution in [0.1, 0.15) is 10.4 Å². The molecule has 38 heavy (non-hydrogen) atoms. The zero-order valence-electron chi connectivity index (χ0n) is 20.1. The lowest BCUT2D eigenvalue weighted by atomic mass is 10.1. The second kappa shape index (κ2) is 11.7. The number of amides is 2. The number of hydrogen-bond acceptors (Lipinski definition) is 7. The highest BCUT2D eigenvalue weighted by molar-refractivity contribution is 9.10. The predicted octanol–water partition coefficient (Wildman–Crippen LogP) is 4.26. The van der Waals surface area contributed by atoms with E-state index in [2.05, 4.69) is 41.7 Å². The summed E-state index contributed by atoms with van der Waals surface area (Å²) in [5, 5.41) is 15.2. The third-order valence-corrected chi connectivity index (χ3v) is 7.47. The molecule has 0 aliphatic carbocycles. The summed E-state index contributed by atoms with van der Waals surface area (Å²) in [6.45, 7) is 2.52. The van der Waals surface area contributed by atoms with Crippen molar-refractivity contribution in [1.82, 2.24) is 25.1 Å². The Bertz CT molecular complexity index is 1410. The van der Waals surface area contributed by atoms with E-state index in [1.165, 1.54) is 36.0 Å². The molecule has 0 atom stereocenters. The van der Waals surface area contributed by atoms with Crippen LogP contribution in [0, 0.1) is 5.82 Å². The van der Waals surface area contributed by atoms with Gasteiger partial charge in [0.25, 0.3) is 5.91 Å². The molecule has 1 aliphatic rings. The van der Waals surface area contributed by atoms with Gasteiger partial charge in [0, 0.05) is 47.6 Å². The van der Waals surface area contributed by atoms with Crippen molar-refractivity contribution in [3.8, 4) is 5.69 Å². The molecule has 0 spiro atoms. The van der Waals surface area contributed by atoms with Gasteiger partial charge in [-0.25, -0.2) is 4.39 Å². The van der Waals surface area contributed by atoms with Gasteiger partial charge < -0.3 is 15.1 Å². The molecule has 4 aromatic rings. The lowest BCUT2D eigenvalue weighted by Crippen LogP contribution is -2.48. The summed E-state index contributed by atoms with van der Waals surface area (Å²) >= 11 is 4.66. The maximum atomic E-state index is 13.1. The number of hydrogen-bond donors (Lipinski definition) is 1. The molecule has 0 saturated carbocycles. The Morgan fingerprint density at radius 3 is 2.24 bits per heavy atom. The van der Waals surface area contributed by atoms with E-state index in [4.69, 9.17) is 0 Å². The highest BCUT2D eigenvalue weighted by Crippen LogP contribution is 2.22. The van der Waals surface area contributed by atoms with Gasteiger partial charge in [0.2, 0.25) is 11.1 Å². The number of thioether (sulfide) groups is 1. The van der Waals surface area contributed by atoms with E-state index in [0.29, 0.717) is 42.6 Å². The second-order valence-corrected chi connectivity index (χ2v) is 10.4. The molecule has 3 aromatic carbocycles. The van der Waals surface area contributed by atoms with Gasteiger partial charge in [-0.1, -0.05) is 27.7 Å². The van der Waals surface area contributed by atoms with Crippen molar-refractivity contribution in [2.24, 2.45) is 0 Å². The molecule has 5 rings (SSSR count). The molecule has 9 nitrogen and oxygen atoms in total. The first-order chi connectivity index (χ1) is 18.5. The number of nitrogens with zero attached hydrogens (tertiary/aromatic N) is 6. The number of nitrogens with one attached hydrogen (secondary N) is 1. The van der Waals surface area contributed by atoms with Crippen LogP contribution in [0.4, 0.5) is 15.8 Å². The van der Waals surface area contributed by atoms with E-state index < -0.39 is 0 Å². The standard InChI is InChI=1S/C26H23BrFN7O2S/c27-19-3-9-23(10-4-19)35-26(30-31-32-35)38-17-24(36)29-21-7-11-22(12-8-21)33-13-15-34(16-14-33)25(37)18-1-5-20(28)6-2-18/h1-12H,13-17H2,(H,29,36). The molecular formula is C26H23BrFN7O2S. The predicted molar refractivity (Wildman–Crippen MR) is 147 cm³/mol. The molecule has 1 N–H and O–H groups in total. The van der Waals surface area contributed by atoms with Gasteiger partial charge >= 0.3 is 0 Å². The van der Waals surface area contributed by atoms with Gasteiger partial charge in [0.1, 0.15) is 5.82 Å². The smallest absolute Gasteiger partial charge is 0.253 e. The normalized spacial score (nSPS) is 13.4. The van der Waals surface area contributed by atoms with Gasteiger partial charge in [-0.15, -0.1) is 5.10 Å². The highest BCUT2D eigenvalue weighted by Gasteiger charge is 2.22. The van der Waals surface area contributed by atoms with Crippen LogP contribution in [0.2, 0.25) is 0 Å². The summed E-state index contributed by atoms with van der Waals surface area (Å²) in [7, 11) is 0. The van der Waals surface area contributed by atoms with Crippen molar-refractivity contribution in [3.05, 3.63) is 88.6 Å². The minimum Gasteiger partial charge on any atom is -0.368 e. The number of halogens is 2. The van der Waals surface area contributed by atoms with Crippen LogP contribution in [0.15, 0.2) is 82.4 Å². The maximum absolute atomic E-state index is 13.1. The average Bonchev–Trinajstić information content (AvgIpc) is 3.42. The zero-order valence-corrected chi connectivity index (χ0v) is 22.5. The molecule has 1 saturated heterocycles. The number of carbonyl (C=O) groups excluding carboxylic acids is 2. The van der Waals surface area contributed by atoms with Crippen LogP contribution >= 0.6 is 27.7 Å². The Balaban J connectivity index is 1.11. The Morgan fingerprint density at radius 1 is 0.895 bits per heavy atom. The topological polar surface area (TPSA) is 96.2 Å². The minimum absolute atomic E-state index is 0.0912. The summed E-state index contributed by atoms with van der Waals surface area (Å²) in [6.07, 6.45) is 0. The number of tetrazole rings is 1. The van der Waals surface area contributed by atoms with Crippen LogP contribution in [-0.4, -0.2) is 68.9 Å². The molecule has 1 aromatic heterocycles. The molecule has 12 heteroatoms. The van der Waals surface area contributed by atoms with Crippen LogP contribution < -0.4 is 10.2 Å². The lowest BCUT2D eigenvalue weighted by molar-refractivity contribution is -0.113. The minimum atomic E-state index is -0.358. The first-order valence-corrected chi connectivity index (χ1v) is 13.6. The van der Waals surface area contributed by atoms with E-state index in [1.54, 1.807) is 9.58 Å². The fourth-order valence-corrected chi connectivity index (χ4v) is 4.99. The van der Waals surface area contributed by atoms with E-state index >= 15 is 0 Å². The molecule has 0 radical (unpaired) electrons. The molecule has 2 heterocycles. The van der Waals surface area contributed by atoms with E-state index in [-0.39, 0.29) is 23.4 Å². The fourth-order valence-electron chi connectivity index (χ4n) is 4.04. The van der Waals surface area contributed by atoms with Crippen LogP contribution in [0.25, 0.3) is 5.69 Å². The van der Waals surface area contributed by atoms with Gasteiger partial charge in [-0.2, -0.15) is 4.68 Å². The number of rotatable bonds is 7. The summed E-state index contributed by atoms with van der Waals surface area (Å²) in [5.41, 5.74) is 3.00. The Hall–Kier alpha value is -3.77. The first kappa shape index (κ1) is 25.9. The Kier molecular flexibility index (Phi) is 7.99. The van der Waals surface area contributed by atoms with Crippen molar-refractivity contribution in [2.75, 3.05) is 42.1 Å². The number of anilines is 2. The Morgan fingerprint density at radius 2 is 1.55 bits per heavy atom. The number of benzene rings is 3. The van der Waals surface area contributed by atoms with Crippen LogP contribution in [0.3, 0.4) is 0 Å². The summed E-state index contributed by atoms with van der Waals surface area (Å²) in [6, 6.07) is 20.8. The first-order valence-electron chi connectivity index (χ1n) is 11.8. The van der Waals surface area contributed by atoms with Gasteiger partial charge in [-0.3, -0.25) is 9.59 Å². The molecule has 0 bridgehead atoms. The molecule has 2 amide bonds. The van der Waals surface area contributed by atoms with Crippen molar-refractivity contribution in [1.29, 1.82) is 0 Å². The maximum Gasteiger partial charge on any atom is 0.253 e. The lowest BCUT2D eigenvalue weighted by Gasteiger charge is -2.36. The molecular weight excluding hydrogens is 573 g/mol. The number of piperazine rings is 1. The molecule has 0 unspecified atom stereocenters. The monoisotopic (exact) mass is 595 g/mol. The fraction of sp³-hybridized carbons (Fsp3) is 0.192. The largest absolute Gasteiger partial charge is 0.368 e. The second-order valence-electron chi connectivity index (χ2n) is 8.52. The quantitative estimate of drug-likeness (QED) is 0.319. The summed E-state index contributed by atoms with van der Waals surface area (Å²) in [5.74, 6) is -0.460. The van der Waals surface area contributed by atoms with Gasteiger partial charge in [-0.05, 0) is 83.2 Å². The number of aromatic nitrogens is 4. The SMILES string of the molecule is O=C(CSc1nnnn1-c1ccc(Br)cc1)Nc1ccc(N2CCN(C(=O)c3ccc(F)cc3)CC2)cc1. The van der Waals surface area contributed by atoms with E-state index in [1.807, 2.05) is 48.5 Å². The summed E-state index contributed by atoms with van der Waals surface area (Å²) < 4.78 is 15.7. The van der Waals surface area contributed by atoms with Crippen molar-refractivity contribution >= 4 is 50.9 Å².